The second kappa shape index (κ2) is 6.68. The Morgan fingerprint density at radius 2 is 1.96 bits per heavy atom. The summed E-state index contributed by atoms with van der Waals surface area (Å²) in [7, 11) is 1.67. The van der Waals surface area contributed by atoms with Crippen molar-refractivity contribution in [2.45, 2.75) is 37.9 Å². The molecule has 0 fully saturated rings. The van der Waals surface area contributed by atoms with Gasteiger partial charge in [0.2, 0.25) is 6.41 Å². The van der Waals surface area contributed by atoms with Gasteiger partial charge in [0.05, 0.1) is 40.9 Å². The number of aromatic nitrogens is 2. The van der Waals surface area contributed by atoms with E-state index in [9.17, 15) is 13.6 Å². The summed E-state index contributed by atoms with van der Waals surface area (Å²) >= 11 is 12.2. The summed E-state index contributed by atoms with van der Waals surface area (Å²) in [4.78, 5) is 15.1. The Labute approximate surface area is 171 Å². The molecule has 1 aromatic heterocycles. The minimum absolute atomic E-state index is 0.0736. The molecule has 4 rings (SSSR count). The molecule has 0 spiro atoms. The number of rotatable bonds is 2. The molecule has 2 aliphatic heterocycles. The number of fused-ring (bicyclic) bond motifs is 3. The SMILES string of the molecule is CN1CCn2nc3c(c2C(F)(F)C1)CN(C=O)[C@@](C)(c1ccc(Cl)c(Cl)c1)C3. The van der Waals surface area contributed by atoms with Gasteiger partial charge in [-0.15, -0.1) is 0 Å². The van der Waals surface area contributed by atoms with Gasteiger partial charge in [-0.05, 0) is 31.7 Å². The van der Waals surface area contributed by atoms with Gasteiger partial charge in [0, 0.05) is 18.5 Å². The first-order chi connectivity index (χ1) is 13.2. The second-order valence-corrected chi connectivity index (χ2v) is 8.57. The number of hydrogen-bond donors (Lipinski definition) is 0. The Hall–Kier alpha value is -1.70. The van der Waals surface area contributed by atoms with Gasteiger partial charge >= 0.3 is 5.92 Å². The molecule has 1 amide bonds. The van der Waals surface area contributed by atoms with Crippen molar-refractivity contribution in [3.05, 3.63) is 50.8 Å². The fourth-order valence-electron chi connectivity index (χ4n) is 4.21. The molecule has 3 heterocycles. The van der Waals surface area contributed by atoms with Crippen LogP contribution in [0.4, 0.5) is 8.78 Å². The smallest absolute Gasteiger partial charge is 0.302 e. The fourth-order valence-corrected chi connectivity index (χ4v) is 4.51. The van der Waals surface area contributed by atoms with Crippen molar-refractivity contribution in [3.63, 3.8) is 0 Å². The molecular weight excluding hydrogens is 409 g/mol. The average Bonchev–Trinajstić information content (AvgIpc) is 2.93. The van der Waals surface area contributed by atoms with E-state index < -0.39 is 11.5 Å². The second-order valence-electron chi connectivity index (χ2n) is 7.75. The Morgan fingerprint density at radius 3 is 2.64 bits per heavy atom. The van der Waals surface area contributed by atoms with Crippen LogP contribution in [0.5, 0.6) is 0 Å². The molecule has 2 aromatic rings. The first-order valence-corrected chi connectivity index (χ1v) is 9.74. The van der Waals surface area contributed by atoms with E-state index in [1.807, 2.05) is 6.92 Å². The van der Waals surface area contributed by atoms with Crippen LogP contribution in [-0.2, 0) is 35.8 Å². The van der Waals surface area contributed by atoms with E-state index in [2.05, 4.69) is 5.10 Å². The van der Waals surface area contributed by atoms with Crippen molar-refractivity contribution >= 4 is 29.6 Å². The molecule has 0 aliphatic carbocycles. The van der Waals surface area contributed by atoms with Gasteiger partial charge in [-0.25, -0.2) is 0 Å². The van der Waals surface area contributed by atoms with Gasteiger partial charge in [-0.1, -0.05) is 29.3 Å². The molecular formula is C19H20Cl2F2N4O. The van der Waals surface area contributed by atoms with Crippen LogP contribution in [0.1, 0.15) is 29.4 Å². The molecule has 150 valence electrons. The number of halogens is 4. The van der Waals surface area contributed by atoms with Crippen LogP contribution in [-0.4, -0.2) is 46.1 Å². The van der Waals surface area contributed by atoms with E-state index in [4.69, 9.17) is 23.2 Å². The van der Waals surface area contributed by atoms with Gasteiger partial charge in [-0.3, -0.25) is 14.4 Å². The Bertz CT molecular complexity index is 948. The summed E-state index contributed by atoms with van der Waals surface area (Å²) in [5.41, 5.74) is 1.01. The predicted octanol–water partition coefficient (Wildman–Crippen LogP) is 3.66. The number of amides is 1. The minimum atomic E-state index is -3.03. The summed E-state index contributed by atoms with van der Waals surface area (Å²) in [6, 6.07) is 5.20. The third-order valence-corrected chi connectivity index (χ3v) is 6.52. The van der Waals surface area contributed by atoms with E-state index in [1.165, 1.54) is 4.68 Å². The highest BCUT2D eigenvalue weighted by Gasteiger charge is 2.47. The van der Waals surface area contributed by atoms with Crippen molar-refractivity contribution in [2.75, 3.05) is 20.1 Å². The highest BCUT2D eigenvalue weighted by atomic mass is 35.5. The zero-order valence-corrected chi connectivity index (χ0v) is 17.1. The standard InChI is InChI=1S/C19H20Cl2F2N4O/c1-18(12-3-4-14(20)15(21)7-12)8-16-13(9-26(18)11-28)17-19(22,23)10-25(2)5-6-27(17)24-16/h3-4,7,11H,5-6,8-10H2,1-2H3/t18-/m1/s1. The molecule has 0 N–H and O–H groups in total. The van der Waals surface area contributed by atoms with Crippen molar-refractivity contribution in [2.24, 2.45) is 0 Å². The summed E-state index contributed by atoms with van der Waals surface area (Å²) in [5.74, 6) is -3.03. The van der Waals surface area contributed by atoms with E-state index in [-0.39, 0.29) is 18.8 Å². The number of carbonyl (C=O) groups excluding carboxylic acids is 1. The first kappa shape index (κ1) is 19.6. The number of hydrogen-bond acceptors (Lipinski definition) is 3. The van der Waals surface area contributed by atoms with Crippen LogP contribution in [0.15, 0.2) is 18.2 Å². The molecule has 28 heavy (non-hydrogen) atoms. The van der Waals surface area contributed by atoms with E-state index in [0.717, 1.165) is 5.56 Å². The van der Waals surface area contributed by atoms with Gasteiger partial charge < -0.3 is 4.90 Å². The Morgan fingerprint density at radius 1 is 1.21 bits per heavy atom. The minimum Gasteiger partial charge on any atom is -0.331 e. The first-order valence-electron chi connectivity index (χ1n) is 8.99. The predicted molar refractivity (Wildman–Crippen MR) is 103 cm³/mol. The Kier molecular flexibility index (Phi) is 4.68. The average molecular weight is 429 g/mol. The largest absolute Gasteiger partial charge is 0.331 e. The molecule has 2 aliphatic rings. The molecule has 0 unspecified atom stereocenters. The van der Waals surface area contributed by atoms with Crippen LogP contribution in [0.3, 0.4) is 0 Å². The molecule has 0 saturated heterocycles. The molecule has 0 saturated carbocycles. The lowest BCUT2D eigenvalue weighted by molar-refractivity contribution is -0.125. The van der Waals surface area contributed by atoms with E-state index in [1.54, 1.807) is 35.0 Å². The number of nitrogens with zero attached hydrogens (tertiary/aromatic N) is 4. The Balaban J connectivity index is 1.82. The van der Waals surface area contributed by atoms with Crippen LogP contribution in [0.2, 0.25) is 10.0 Å². The van der Waals surface area contributed by atoms with Gasteiger partial charge in [0.25, 0.3) is 0 Å². The topological polar surface area (TPSA) is 41.4 Å². The maximum Gasteiger partial charge on any atom is 0.302 e. The van der Waals surface area contributed by atoms with E-state index in [0.29, 0.717) is 47.2 Å². The number of alkyl halides is 2. The summed E-state index contributed by atoms with van der Waals surface area (Å²) in [5, 5.41) is 5.32. The molecule has 5 nitrogen and oxygen atoms in total. The van der Waals surface area contributed by atoms with Gasteiger partial charge in [0.1, 0.15) is 5.69 Å². The van der Waals surface area contributed by atoms with Crippen molar-refractivity contribution in [3.8, 4) is 0 Å². The highest BCUT2D eigenvalue weighted by Crippen LogP contribution is 2.43. The fraction of sp³-hybridized carbons (Fsp3) is 0.474. The van der Waals surface area contributed by atoms with Crippen LogP contribution in [0.25, 0.3) is 0 Å². The third-order valence-electron chi connectivity index (χ3n) is 5.78. The van der Waals surface area contributed by atoms with Crippen LogP contribution < -0.4 is 0 Å². The lowest BCUT2D eigenvalue weighted by Gasteiger charge is -2.43. The molecule has 9 heteroatoms. The molecule has 1 aromatic carbocycles. The lowest BCUT2D eigenvalue weighted by atomic mass is 9.81. The number of likely N-dealkylation sites (N-methyl/N-ethyl adjacent to an activating group) is 1. The number of carbonyl (C=O) groups is 1. The van der Waals surface area contributed by atoms with Crippen molar-refractivity contribution < 1.29 is 13.6 Å². The number of benzene rings is 1. The monoisotopic (exact) mass is 428 g/mol. The van der Waals surface area contributed by atoms with E-state index >= 15 is 0 Å². The summed E-state index contributed by atoms with van der Waals surface area (Å²) < 4.78 is 31.3. The van der Waals surface area contributed by atoms with Crippen molar-refractivity contribution in [1.82, 2.24) is 19.6 Å². The summed E-state index contributed by atoms with van der Waals surface area (Å²) in [6.07, 6.45) is 1.03. The van der Waals surface area contributed by atoms with Crippen LogP contribution >= 0.6 is 23.2 Å². The third kappa shape index (κ3) is 3.00. The normalized spacial score (nSPS) is 24.4. The zero-order chi connectivity index (χ0) is 20.3. The maximum absolute atomic E-state index is 14.9. The van der Waals surface area contributed by atoms with Crippen LogP contribution in [0, 0.1) is 0 Å². The molecule has 0 bridgehead atoms. The maximum atomic E-state index is 14.9. The van der Waals surface area contributed by atoms with Crippen molar-refractivity contribution in [1.29, 1.82) is 0 Å². The molecule has 0 radical (unpaired) electrons. The molecule has 1 atom stereocenters. The van der Waals surface area contributed by atoms with Gasteiger partial charge in [0.15, 0.2) is 0 Å². The highest BCUT2D eigenvalue weighted by molar-refractivity contribution is 6.42. The quantitative estimate of drug-likeness (QED) is 0.685. The summed E-state index contributed by atoms with van der Waals surface area (Å²) in [6.45, 7) is 2.48. The van der Waals surface area contributed by atoms with Gasteiger partial charge in [-0.2, -0.15) is 13.9 Å². The zero-order valence-electron chi connectivity index (χ0n) is 15.6. The lowest BCUT2D eigenvalue weighted by Crippen LogP contribution is -2.48.